The molecule has 0 bridgehead atoms. The normalized spacial score (nSPS) is 18.6. The molecule has 0 saturated carbocycles. The van der Waals surface area contributed by atoms with Gasteiger partial charge in [0.25, 0.3) is 15.6 Å². The van der Waals surface area contributed by atoms with E-state index in [0.29, 0.717) is 43.0 Å². The van der Waals surface area contributed by atoms with Crippen molar-refractivity contribution in [3.05, 3.63) is 106 Å². The number of alkyl halides is 3. The second kappa shape index (κ2) is 14.7. The van der Waals surface area contributed by atoms with Crippen molar-refractivity contribution in [3.8, 4) is 5.75 Å². The van der Waals surface area contributed by atoms with Crippen molar-refractivity contribution in [1.82, 2.24) is 10.2 Å². The monoisotopic (exact) mass is 719 g/mol. The van der Waals surface area contributed by atoms with E-state index in [2.05, 4.69) is 26.1 Å². The summed E-state index contributed by atoms with van der Waals surface area (Å²) in [7, 11) is 0. The van der Waals surface area contributed by atoms with Crippen molar-refractivity contribution in [3.63, 3.8) is 0 Å². The Bertz CT molecular complexity index is 1480. The van der Waals surface area contributed by atoms with Gasteiger partial charge in [-0.25, -0.2) is 0 Å². The van der Waals surface area contributed by atoms with Gasteiger partial charge in [-0.15, -0.1) is 0 Å². The molecular formula is C33H33BrCl3N3O4. The first kappa shape index (κ1) is 32.8. The molecule has 7 nitrogen and oxygen atoms in total. The molecule has 11 heteroatoms. The molecule has 3 aromatic rings. The maximum absolute atomic E-state index is 13.9. The number of amides is 2. The van der Waals surface area contributed by atoms with E-state index in [9.17, 15) is 9.59 Å². The first-order chi connectivity index (χ1) is 21.1. The maximum atomic E-state index is 13.9. The Morgan fingerprint density at radius 2 is 1.70 bits per heavy atom. The number of carbonyl (C=O) groups is 2. The fourth-order valence-corrected chi connectivity index (χ4v) is 5.86. The predicted octanol–water partition coefficient (Wildman–Crippen LogP) is 6.60. The van der Waals surface area contributed by atoms with Crippen molar-refractivity contribution in [2.75, 3.05) is 50.9 Å². The van der Waals surface area contributed by atoms with Gasteiger partial charge in [0.05, 0.1) is 18.8 Å². The summed E-state index contributed by atoms with van der Waals surface area (Å²) in [4.78, 5) is 30.7. The second-order valence-electron chi connectivity index (χ2n) is 10.9. The quantitative estimate of drug-likeness (QED) is 0.179. The van der Waals surface area contributed by atoms with Crippen LogP contribution in [0.15, 0.2) is 95.0 Å². The Hall–Kier alpha value is -2.59. The summed E-state index contributed by atoms with van der Waals surface area (Å²) in [6.07, 6.45) is 2.96. The number of rotatable bonds is 11. The van der Waals surface area contributed by atoms with Crippen LogP contribution in [-0.4, -0.2) is 72.0 Å². The van der Waals surface area contributed by atoms with Gasteiger partial charge in [0.15, 0.2) is 0 Å². The fourth-order valence-electron chi connectivity index (χ4n) is 5.45. The van der Waals surface area contributed by atoms with Crippen molar-refractivity contribution in [2.24, 2.45) is 0 Å². The number of morpholine rings is 1. The number of anilines is 1. The van der Waals surface area contributed by atoms with Crippen LogP contribution in [0.2, 0.25) is 0 Å². The molecule has 1 fully saturated rings. The second-order valence-corrected chi connectivity index (χ2v) is 14.1. The largest absolute Gasteiger partial charge is 0.492 e. The SMILES string of the molecule is O=C(c1ccc(Br)cc1)N(CC1=CC(Cc2ccccc2)(NC(=O)C(Cl)(Cl)Cl)C1)c1cccc(OCCN2CCOCC2)c1. The minimum absolute atomic E-state index is 0.158. The number of carbonyl (C=O) groups excluding carboxylic acids is 2. The van der Waals surface area contributed by atoms with Crippen LogP contribution in [0, 0.1) is 0 Å². The number of benzene rings is 3. The molecule has 1 aliphatic heterocycles. The molecule has 3 aromatic carbocycles. The molecule has 0 radical (unpaired) electrons. The average molecular weight is 722 g/mol. The minimum atomic E-state index is -2.10. The lowest BCUT2D eigenvalue weighted by Crippen LogP contribution is -2.57. The molecule has 232 valence electrons. The Kier molecular flexibility index (Phi) is 10.9. The first-order valence-electron chi connectivity index (χ1n) is 14.3. The van der Waals surface area contributed by atoms with Gasteiger partial charge in [-0.05, 0) is 60.4 Å². The zero-order valence-corrected chi connectivity index (χ0v) is 27.8. The van der Waals surface area contributed by atoms with Gasteiger partial charge in [-0.2, -0.15) is 0 Å². The van der Waals surface area contributed by atoms with E-state index in [0.717, 1.165) is 48.5 Å². The maximum Gasteiger partial charge on any atom is 0.272 e. The standard InChI is InChI=1S/C33H33BrCl3N3O4/c34-27-11-9-26(10-12-27)30(41)40(28-7-4-8-29(19-28)44-18-15-39-13-16-43-17-14-39)23-25-21-32(22-25,38-31(42)33(35,36)37)20-24-5-2-1-3-6-24/h1-12,19,21H,13-18,20,22-23H2,(H,38,42). The summed E-state index contributed by atoms with van der Waals surface area (Å²) in [6.45, 7) is 4.89. The molecule has 2 amide bonds. The predicted molar refractivity (Wildman–Crippen MR) is 179 cm³/mol. The van der Waals surface area contributed by atoms with Gasteiger partial charge in [0, 0.05) is 48.0 Å². The number of nitrogens with one attached hydrogen (secondary N) is 1. The molecule has 1 N–H and O–H groups in total. The summed E-state index contributed by atoms with van der Waals surface area (Å²) in [5.74, 6) is -0.173. The summed E-state index contributed by atoms with van der Waals surface area (Å²) < 4.78 is 10.3. The molecule has 1 saturated heterocycles. The molecular weight excluding hydrogens is 689 g/mol. The Morgan fingerprint density at radius 1 is 1.00 bits per heavy atom. The smallest absolute Gasteiger partial charge is 0.272 e. The summed E-state index contributed by atoms with van der Waals surface area (Å²) in [6, 6.07) is 24.6. The van der Waals surface area contributed by atoms with E-state index in [4.69, 9.17) is 44.3 Å². The highest BCUT2D eigenvalue weighted by Gasteiger charge is 2.43. The van der Waals surface area contributed by atoms with Crippen molar-refractivity contribution in [1.29, 1.82) is 0 Å². The molecule has 0 spiro atoms. The lowest BCUT2D eigenvalue weighted by atomic mass is 9.74. The summed E-state index contributed by atoms with van der Waals surface area (Å²) >= 11 is 21.2. The van der Waals surface area contributed by atoms with Crippen LogP contribution in [-0.2, 0) is 16.0 Å². The van der Waals surface area contributed by atoms with Crippen LogP contribution in [0.1, 0.15) is 22.3 Å². The molecule has 0 aromatic heterocycles. The summed E-state index contributed by atoms with van der Waals surface area (Å²) in [5.41, 5.74) is 2.49. The number of hydrogen-bond acceptors (Lipinski definition) is 5. The highest BCUT2D eigenvalue weighted by molar-refractivity contribution is 9.10. The van der Waals surface area contributed by atoms with Gasteiger partial charge in [0.2, 0.25) is 0 Å². The van der Waals surface area contributed by atoms with Crippen LogP contribution in [0.4, 0.5) is 5.69 Å². The van der Waals surface area contributed by atoms with Crippen molar-refractivity contribution < 1.29 is 19.1 Å². The van der Waals surface area contributed by atoms with Crippen LogP contribution in [0.3, 0.4) is 0 Å². The molecule has 5 rings (SSSR count). The van der Waals surface area contributed by atoms with Crippen LogP contribution in [0.5, 0.6) is 5.75 Å². The summed E-state index contributed by atoms with van der Waals surface area (Å²) in [5, 5.41) is 2.94. The number of halogens is 4. The number of nitrogens with zero attached hydrogens (tertiary/aromatic N) is 2. The van der Waals surface area contributed by atoms with Gasteiger partial charge < -0.3 is 19.7 Å². The van der Waals surface area contributed by atoms with Gasteiger partial charge in [-0.3, -0.25) is 14.5 Å². The lowest BCUT2D eigenvalue weighted by molar-refractivity contribution is -0.121. The molecule has 2 aliphatic rings. The average Bonchev–Trinajstić information content (AvgIpc) is 2.99. The van der Waals surface area contributed by atoms with Gasteiger partial charge in [0.1, 0.15) is 12.4 Å². The topological polar surface area (TPSA) is 71.1 Å². The molecule has 1 unspecified atom stereocenters. The highest BCUT2D eigenvalue weighted by Crippen LogP contribution is 2.38. The number of hydrogen-bond donors (Lipinski definition) is 1. The fraction of sp³-hybridized carbons (Fsp3) is 0.333. The van der Waals surface area contributed by atoms with E-state index in [1.807, 2.05) is 72.8 Å². The van der Waals surface area contributed by atoms with E-state index >= 15 is 0 Å². The highest BCUT2D eigenvalue weighted by atomic mass is 79.9. The molecule has 1 heterocycles. The van der Waals surface area contributed by atoms with Crippen molar-refractivity contribution in [2.45, 2.75) is 22.2 Å². The van der Waals surface area contributed by atoms with Crippen LogP contribution >= 0.6 is 50.7 Å². The van der Waals surface area contributed by atoms with E-state index in [-0.39, 0.29) is 5.91 Å². The van der Waals surface area contributed by atoms with Crippen LogP contribution < -0.4 is 15.0 Å². The first-order valence-corrected chi connectivity index (χ1v) is 16.3. The lowest BCUT2D eigenvalue weighted by Gasteiger charge is -2.43. The van der Waals surface area contributed by atoms with E-state index in [1.165, 1.54) is 0 Å². The third-order valence-electron chi connectivity index (χ3n) is 7.61. The Labute approximate surface area is 281 Å². The molecule has 1 aliphatic carbocycles. The molecule has 44 heavy (non-hydrogen) atoms. The number of ether oxygens (including phenoxy) is 2. The van der Waals surface area contributed by atoms with Gasteiger partial charge in [-0.1, -0.05) is 93.2 Å². The Balaban J connectivity index is 1.38. The van der Waals surface area contributed by atoms with E-state index < -0.39 is 15.2 Å². The zero-order valence-electron chi connectivity index (χ0n) is 24.0. The zero-order chi connectivity index (χ0) is 31.2. The third-order valence-corrected chi connectivity index (χ3v) is 8.66. The third kappa shape index (κ3) is 8.77. The minimum Gasteiger partial charge on any atom is -0.492 e. The molecule has 1 atom stereocenters. The van der Waals surface area contributed by atoms with E-state index in [1.54, 1.807) is 17.0 Å². The van der Waals surface area contributed by atoms with Gasteiger partial charge >= 0.3 is 0 Å². The van der Waals surface area contributed by atoms with Crippen molar-refractivity contribution >= 4 is 68.2 Å². The Morgan fingerprint density at radius 3 is 2.39 bits per heavy atom. The van der Waals surface area contributed by atoms with Crippen LogP contribution in [0.25, 0.3) is 0 Å².